The SMILES string of the molecule is N#Cc1cc([C@H](O)C(F)(F)F)ccc1F. The van der Waals surface area contributed by atoms with Crippen molar-refractivity contribution >= 4 is 0 Å². The number of nitrogens with zero attached hydrogens (tertiary/aromatic N) is 1. The Morgan fingerprint density at radius 3 is 2.40 bits per heavy atom. The topological polar surface area (TPSA) is 44.0 Å². The van der Waals surface area contributed by atoms with E-state index in [9.17, 15) is 17.6 Å². The van der Waals surface area contributed by atoms with Gasteiger partial charge in [0.15, 0.2) is 6.10 Å². The molecule has 1 N–H and O–H groups in total. The van der Waals surface area contributed by atoms with Gasteiger partial charge in [0.25, 0.3) is 0 Å². The largest absolute Gasteiger partial charge is 0.418 e. The third-order valence-corrected chi connectivity index (χ3v) is 1.74. The number of hydrogen-bond donors (Lipinski definition) is 1. The highest BCUT2D eigenvalue weighted by molar-refractivity contribution is 5.35. The Labute approximate surface area is 82.4 Å². The second kappa shape index (κ2) is 3.87. The molecule has 1 aromatic carbocycles. The van der Waals surface area contributed by atoms with E-state index in [2.05, 4.69) is 0 Å². The van der Waals surface area contributed by atoms with Gasteiger partial charge in [-0.2, -0.15) is 18.4 Å². The molecule has 0 heterocycles. The number of aliphatic hydroxyl groups excluding tert-OH is 1. The minimum absolute atomic E-state index is 0.532. The van der Waals surface area contributed by atoms with E-state index in [1.54, 1.807) is 0 Å². The summed E-state index contributed by atoms with van der Waals surface area (Å²) in [4.78, 5) is 0. The van der Waals surface area contributed by atoms with Crippen LogP contribution in [0.5, 0.6) is 0 Å². The second-order valence-electron chi connectivity index (χ2n) is 2.80. The number of halogens is 4. The number of benzene rings is 1. The van der Waals surface area contributed by atoms with Crippen LogP contribution < -0.4 is 0 Å². The monoisotopic (exact) mass is 219 g/mol. The summed E-state index contributed by atoms with van der Waals surface area (Å²) in [5.41, 5.74) is -1.09. The van der Waals surface area contributed by atoms with E-state index >= 15 is 0 Å². The average molecular weight is 219 g/mol. The molecule has 0 aliphatic rings. The van der Waals surface area contributed by atoms with Crippen LogP contribution in [0.4, 0.5) is 17.6 Å². The van der Waals surface area contributed by atoms with Gasteiger partial charge in [-0.15, -0.1) is 0 Å². The van der Waals surface area contributed by atoms with Crippen molar-refractivity contribution in [1.29, 1.82) is 5.26 Å². The van der Waals surface area contributed by atoms with Crippen LogP contribution in [-0.4, -0.2) is 11.3 Å². The summed E-state index contributed by atoms with van der Waals surface area (Å²) in [6, 6.07) is 3.56. The number of hydrogen-bond acceptors (Lipinski definition) is 2. The molecule has 0 aromatic heterocycles. The molecule has 0 aliphatic carbocycles. The summed E-state index contributed by atoms with van der Waals surface area (Å²) >= 11 is 0. The first-order chi connectivity index (χ1) is 6.86. The lowest BCUT2D eigenvalue weighted by molar-refractivity contribution is -0.206. The maximum absolute atomic E-state index is 12.7. The zero-order chi connectivity index (χ0) is 11.6. The first-order valence-electron chi connectivity index (χ1n) is 3.80. The Bertz CT molecular complexity index is 408. The van der Waals surface area contributed by atoms with Crippen molar-refractivity contribution in [3.63, 3.8) is 0 Å². The summed E-state index contributed by atoms with van der Waals surface area (Å²) in [6.45, 7) is 0. The van der Waals surface area contributed by atoms with Crippen molar-refractivity contribution in [2.45, 2.75) is 12.3 Å². The van der Waals surface area contributed by atoms with Crippen LogP contribution in [0.15, 0.2) is 18.2 Å². The highest BCUT2D eigenvalue weighted by Gasteiger charge is 2.39. The van der Waals surface area contributed by atoms with Gasteiger partial charge >= 0.3 is 6.18 Å². The molecule has 15 heavy (non-hydrogen) atoms. The first kappa shape index (κ1) is 11.5. The molecule has 0 amide bonds. The first-order valence-corrected chi connectivity index (χ1v) is 3.80. The zero-order valence-electron chi connectivity index (χ0n) is 7.22. The molecule has 6 heteroatoms. The zero-order valence-corrected chi connectivity index (χ0v) is 7.22. The van der Waals surface area contributed by atoms with E-state index in [-0.39, 0.29) is 0 Å². The minimum atomic E-state index is -4.83. The Balaban J connectivity index is 3.13. The van der Waals surface area contributed by atoms with Crippen LogP contribution in [0.25, 0.3) is 0 Å². The molecular formula is C9H5F4NO. The quantitative estimate of drug-likeness (QED) is 0.736. The van der Waals surface area contributed by atoms with Crippen LogP contribution in [0, 0.1) is 17.1 Å². The maximum Gasteiger partial charge on any atom is 0.418 e. The normalized spacial score (nSPS) is 13.3. The van der Waals surface area contributed by atoms with Gasteiger partial charge in [0.2, 0.25) is 0 Å². The van der Waals surface area contributed by atoms with Crippen molar-refractivity contribution in [3.8, 4) is 6.07 Å². The summed E-state index contributed by atoms with van der Waals surface area (Å²) in [5, 5.41) is 17.2. The van der Waals surface area contributed by atoms with Gasteiger partial charge < -0.3 is 5.11 Å². The Morgan fingerprint density at radius 1 is 1.33 bits per heavy atom. The molecule has 80 valence electrons. The standard InChI is InChI=1S/C9H5F4NO/c10-7-2-1-5(3-6(7)4-14)8(15)9(11,12)13/h1-3,8,15H/t8-/m0/s1. The van der Waals surface area contributed by atoms with Gasteiger partial charge in [0.05, 0.1) is 5.56 Å². The van der Waals surface area contributed by atoms with E-state index in [1.807, 2.05) is 0 Å². The third-order valence-electron chi connectivity index (χ3n) is 1.74. The molecular weight excluding hydrogens is 214 g/mol. The molecule has 0 saturated carbocycles. The van der Waals surface area contributed by atoms with E-state index < -0.39 is 29.2 Å². The van der Waals surface area contributed by atoms with E-state index in [0.717, 1.165) is 6.07 Å². The van der Waals surface area contributed by atoms with Gasteiger partial charge in [0, 0.05) is 0 Å². The molecule has 1 atom stereocenters. The Hall–Kier alpha value is -1.61. The molecule has 0 aliphatic heterocycles. The van der Waals surface area contributed by atoms with Crippen LogP contribution in [0.2, 0.25) is 0 Å². The number of rotatable bonds is 1. The molecule has 0 unspecified atom stereocenters. The van der Waals surface area contributed by atoms with Crippen LogP contribution >= 0.6 is 0 Å². The van der Waals surface area contributed by atoms with E-state index in [0.29, 0.717) is 12.1 Å². The predicted molar refractivity (Wildman–Crippen MR) is 42.1 cm³/mol. The number of aliphatic hydroxyl groups is 1. The lowest BCUT2D eigenvalue weighted by Crippen LogP contribution is -2.20. The van der Waals surface area contributed by atoms with Crippen LogP contribution in [0.1, 0.15) is 17.2 Å². The average Bonchev–Trinajstić information content (AvgIpc) is 2.16. The third kappa shape index (κ3) is 2.44. The molecule has 0 saturated heterocycles. The van der Waals surface area contributed by atoms with Gasteiger partial charge in [-0.25, -0.2) is 4.39 Å². The molecule has 0 radical (unpaired) electrons. The van der Waals surface area contributed by atoms with Gasteiger partial charge in [-0.3, -0.25) is 0 Å². The minimum Gasteiger partial charge on any atom is -0.379 e. The fraction of sp³-hybridized carbons (Fsp3) is 0.222. The molecule has 1 rings (SSSR count). The Kier molecular flexibility index (Phi) is 2.95. The maximum atomic E-state index is 12.7. The van der Waals surface area contributed by atoms with Crippen molar-refractivity contribution in [2.24, 2.45) is 0 Å². The number of nitriles is 1. The fourth-order valence-corrected chi connectivity index (χ4v) is 0.988. The van der Waals surface area contributed by atoms with Crippen molar-refractivity contribution in [2.75, 3.05) is 0 Å². The van der Waals surface area contributed by atoms with Gasteiger partial charge in [0.1, 0.15) is 11.9 Å². The highest BCUT2D eigenvalue weighted by atomic mass is 19.4. The molecule has 1 aromatic rings. The van der Waals surface area contributed by atoms with Crippen LogP contribution in [-0.2, 0) is 0 Å². The highest BCUT2D eigenvalue weighted by Crippen LogP contribution is 2.32. The second-order valence-corrected chi connectivity index (χ2v) is 2.80. The summed E-state index contributed by atoms with van der Waals surface area (Å²) in [7, 11) is 0. The smallest absolute Gasteiger partial charge is 0.379 e. The lowest BCUT2D eigenvalue weighted by atomic mass is 10.1. The molecule has 0 spiro atoms. The van der Waals surface area contributed by atoms with E-state index in [1.165, 1.54) is 6.07 Å². The van der Waals surface area contributed by atoms with Gasteiger partial charge in [-0.05, 0) is 17.7 Å². The van der Waals surface area contributed by atoms with Crippen LogP contribution in [0.3, 0.4) is 0 Å². The summed E-state index contributed by atoms with van der Waals surface area (Å²) in [5.74, 6) is -0.921. The number of alkyl halides is 3. The molecule has 0 fully saturated rings. The van der Waals surface area contributed by atoms with Crippen molar-refractivity contribution in [1.82, 2.24) is 0 Å². The predicted octanol–water partition coefficient (Wildman–Crippen LogP) is 2.29. The van der Waals surface area contributed by atoms with Crippen molar-refractivity contribution in [3.05, 3.63) is 35.1 Å². The van der Waals surface area contributed by atoms with E-state index in [4.69, 9.17) is 10.4 Å². The van der Waals surface area contributed by atoms with Gasteiger partial charge in [-0.1, -0.05) is 6.07 Å². The molecule has 2 nitrogen and oxygen atoms in total. The Morgan fingerprint density at radius 2 is 1.93 bits per heavy atom. The van der Waals surface area contributed by atoms with Crippen molar-refractivity contribution < 1.29 is 22.7 Å². The fourth-order valence-electron chi connectivity index (χ4n) is 0.988. The lowest BCUT2D eigenvalue weighted by Gasteiger charge is -2.14. The molecule has 0 bridgehead atoms. The summed E-state index contributed by atoms with van der Waals surface area (Å²) < 4.78 is 48.9. The summed E-state index contributed by atoms with van der Waals surface area (Å²) in [6.07, 6.45) is -7.53.